The molecular formula is C13H15IN2O. The molecule has 0 amide bonds. The molecule has 17 heavy (non-hydrogen) atoms. The first-order chi connectivity index (χ1) is 8.20. The molecule has 3 nitrogen and oxygen atoms in total. The van der Waals surface area contributed by atoms with Gasteiger partial charge in [-0.05, 0) is 53.3 Å². The highest BCUT2D eigenvalue weighted by Crippen LogP contribution is 2.18. The molecule has 0 fully saturated rings. The van der Waals surface area contributed by atoms with Crippen LogP contribution in [0, 0.1) is 3.57 Å². The van der Waals surface area contributed by atoms with E-state index in [-0.39, 0.29) is 0 Å². The molecule has 0 radical (unpaired) electrons. The maximum absolute atomic E-state index is 10.2. The summed E-state index contributed by atoms with van der Waals surface area (Å²) in [5.41, 5.74) is 2.02. The first kappa shape index (κ1) is 12.6. The summed E-state index contributed by atoms with van der Waals surface area (Å²) in [4.78, 5) is 0. The van der Waals surface area contributed by atoms with Gasteiger partial charge < -0.3 is 5.11 Å². The van der Waals surface area contributed by atoms with Crippen molar-refractivity contribution < 1.29 is 5.11 Å². The molecule has 0 aliphatic carbocycles. The Labute approximate surface area is 115 Å². The Morgan fingerprint density at radius 3 is 2.65 bits per heavy atom. The molecule has 0 spiro atoms. The second-order valence-corrected chi connectivity index (χ2v) is 5.16. The largest absolute Gasteiger partial charge is 0.386 e. The lowest BCUT2D eigenvalue weighted by Gasteiger charge is -2.12. The number of halogens is 1. The minimum Gasteiger partial charge on any atom is -0.386 e. The molecule has 0 bridgehead atoms. The molecule has 4 heteroatoms. The lowest BCUT2D eigenvalue weighted by atomic mass is 10.1. The molecule has 0 saturated heterocycles. The summed E-state index contributed by atoms with van der Waals surface area (Å²) in [6, 6.07) is 10.1. The van der Waals surface area contributed by atoms with Gasteiger partial charge >= 0.3 is 0 Å². The summed E-state index contributed by atoms with van der Waals surface area (Å²) < 4.78 is 3.04. The van der Waals surface area contributed by atoms with Crippen molar-refractivity contribution in [3.8, 4) is 0 Å². The summed E-state index contributed by atoms with van der Waals surface area (Å²) in [5, 5.41) is 14.3. The lowest BCUT2D eigenvalue weighted by molar-refractivity contribution is 0.167. The molecule has 1 atom stereocenters. The molecule has 2 rings (SSSR count). The number of hydrogen-bond acceptors (Lipinski definition) is 2. The number of rotatable bonds is 4. The molecule has 0 aliphatic heterocycles. The third kappa shape index (κ3) is 3.07. The highest BCUT2D eigenvalue weighted by atomic mass is 127. The SMILES string of the molecule is CCn1nccc1C(O)Cc1ccc(I)cc1. The van der Waals surface area contributed by atoms with Gasteiger partial charge in [0.25, 0.3) is 0 Å². The number of hydrogen-bond donors (Lipinski definition) is 1. The van der Waals surface area contributed by atoms with Crippen LogP contribution in [0.3, 0.4) is 0 Å². The average molecular weight is 342 g/mol. The number of aliphatic hydroxyl groups excluding tert-OH is 1. The van der Waals surface area contributed by atoms with E-state index in [2.05, 4.69) is 52.0 Å². The maximum Gasteiger partial charge on any atom is 0.0996 e. The van der Waals surface area contributed by atoms with E-state index in [0.717, 1.165) is 17.8 Å². The molecule has 0 aliphatic rings. The van der Waals surface area contributed by atoms with Gasteiger partial charge in [0.15, 0.2) is 0 Å². The number of aryl methyl sites for hydroxylation is 1. The summed E-state index contributed by atoms with van der Waals surface area (Å²) in [6.07, 6.45) is 1.87. The Hall–Kier alpha value is -0.880. The van der Waals surface area contributed by atoms with E-state index < -0.39 is 6.10 Å². The molecule has 2 aromatic rings. The van der Waals surface area contributed by atoms with Crippen molar-refractivity contribution in [2.24, 2.45) is 0 Å². The van der Waals surface area contributed by atoms with Crippen molar-refractivity contribution in [1.82, 2.24) is 9.78 Å². The molecule has 1 N–H and O–H groups in total. The maximum atomic E-state index is 10.2. The fourth-order valence-corrected chi connectivity index (χ4v) is 2.20. The van der Waals surface area contributed by atoms with Gasteiger partial charge in [0.05, 0.1) is 11.8 Å². The van der Waals surface area contributed by atoms with Crippen LogP contribution in [0.5, 0.6) is 0 Å². The normalized spacial score (nSPS) is 12.6. The highest BCUT2D eigenvalue weighted by Gasteiger charge is 2.12. The predicted octanol–water partition coefficient (Wildman–Crippen LogP) is 2.78. The average Bonchev–Trinajstić information content (AvgIpc) is 2.80. The van der Waals surface area contributed by atoms with Gasteiger partial charge in [-0.3, -0.25) is 4.68 Å². The Balaban J connectivity index is 2.11. The summed E-state index contributed by atoms with van der Waals surface area (Å²) >= 11 is 2.28. The van der Waals surface area contributed by atoms with Crippen LogP contribution in [0.4, 0.5) is 0 Å². The van der Waals surface area contributed by atoms with Crippen LogP contribution in [0.15, 0.2) is 36.5 Å². The summed E-state index contributed by atoms with van der Waals surface area (Å²) in [5.74, 6) is 0. The van der Waals surface area contributed by atoms with Gasteiger partial charge in [-0.1, -0.05) is 12.1 Å². The first-order valence-corrected chi connectivity index (χ1v) is 6.72. The fraction of sp³-hybridized carbons (Fsp3) is 0.308. The third-order valence-electron chi connectivity index (χ3n) is 2.73. The zero-order valence-corrected chi connectivity index (χ0v) is 11.8. The van der Waals surface area contributed by atoms with Gasteiger partial charge in [0.2, 0.25) is 0 Å². The molecule has 1 unspecified atom stereocenters. The third-order valence-corrected chi connectivity index (χ3v) is 3.45. The van der Waals surface area contributed by atoms with Crippen LogP contribution in [-0.4, -0.2) is 14.9 Å². The second-order valence-electron chi connectivity index (χ2n) is 3.92. The Morgan fingerprint density at radius 2 is 2.00 bits per heavy atom. The Bertz CT molecular complexity index is 478. The number of benzene rings is 1. The van der Waals surface area contributed by atoms with Crippen LogP contribution >= 0.6 is 22.6 Å². The van der Waals surface area contributed by atoms with E-state index in [1.807, 2.05) is 17.7 Å². The van der Waals surface area contributed by atoms with Crippen LogP contribution in [0.1, 0.15) is 24.3 Å². The van der Waals surface area contributed by atoms with E-state index in [4.69, 9.17) is 0 Å². The van der Waals surface area contributed by atoms with Gasteiger partial charge in [-0.2, -0.15) is 5.10 Å². The van der Waals surface area contributed by atoms with Crippen molar-refractivity contribution in [3.05, 3.63) is 51.4 Å². The number of aliphatic hydroxyl groups is 1. The number of aromatic nitrogens is 2. The fourth-order valence-electron chi connectivity index (χ4n) is 1.84. The van der Waals surface area contributed by atoms with Crippen molar-refractivity contribution in [2.45, 2.75) is 26.0 Å². The Kier molecular flexibility index (Phi) is 4.17. The van der Waals surface area contributed by atoms with Crippen molar-refractivity contribution in [2.75, 3.05) is 0 Å². The Morgan fingerprint density at radius 1 is 1.29 bits per heavy atom. The monoisotopic (exact) mass is 342 g/mol. The van der Waals surface area contributed by atoms with Crippen molar-refractivity contribution >= 4 is 22.6 Å². The van der Waals surface area contributed by atoms with E-state index in [0.29, 0.717) is 6.42 Å². The highest BCUT2D eigenvalue weighted by molar-refractivity contribution is 14.1. The topological polar surface area (TPSA) is 38.0 Å². The summed E-state index contributed by atoms with van der Waals surface area (Å²) in [7, 11) is 0. The first-order valence-electron chi connectivity index (χ1n) is 5.65. The minimum atomic E-state index is -0.488. The van der Waals surface area contributed by atoms with E-state index in [9.17, 15) is 5.11 Å². The van der Waals surface area contributed by atoms with Gasteiger partial charge in [0, 0.05) is 22.7 Å². The van der Waals surface area contributed by atoms with Gasteiger partial charge in [0.1, 0.15) is 0 Å². The van der Waals surface area contributed by atoms with Crippen LogP contribution in [-0.2, 0) is 13.0 Å². The molecule has 1 aromatic carbocycles. The molecule has 0 saturated carbocycles. The van der Waals surface area contributed by atoms with E-state index >= 15 is 0 Å². The zero-order chi connectivity index (χ0) is 12.3. The van der Waals surface area contributed by atoms with E-state index in [1.54, 1.807) is 6.20 Å². The minimum absolute atomic E-state index is 0.488. The standard InChI is InChI=1S/C13H15IN2O/c1-2-16-12(7-8-15-16)13(17)9-10-3-5-11(14)6-4-10/h3-8,13,17H,2,9H2,1H3. The predicted molar refractivity (Wildman–Crippen MR) is 75.7 cm³/mol. The van der Waals surface area contributed by atoms with Gasteiger partial charge in [-0.25, -0.2) is 0 Å². The number of nitrogens with zero attached hydrogens (tertiary/aromatic N) is 2. The van der Waals surface area contributed by atoms with Crippen molar-refractivity contribution in [1.29, 1.82) is 0 Å². The van der Waals surface area contributed by atoms with Crippen LogP contribution in [0.25, 0.3) is 0 Å². The van der Waals surface area contributed by atoms with Gasteiger partial charge in [-0.15, -0.1) is 0 Å². The molecule has 90 valence electrons. The summed E-state index contributed by atoms with van der Waals surface area (Å²) in [6.45, 7) is 2.81. The second kappa shape index (κ2) is 5.64. The van der Waals surface area contributed by atoms with E-state index in [1.165, 1.54) is 3.57 Å². The van der Waals surface area contributed by atoms with Crippen LogP contribution in [0.2, 0.25) is 0 Å². The lowest BCUT2D eigenvalue weighted by Crippen LogP contribution is -2.10. The van der Waals surface area contributed by atoms with Crippen LogP contribution < -0.4 is 0 Å². The zero-order valence-electron chi connectivity index (χ0n) is 9.68. The smallest absolute Gasteiger partial charge is 0.0996 e. The van der Waals surface area contributed by atoms with Crippen molar-refractivity contribution in [3.63, 3.8) is 0 Å². The molecule has 1 aromatic heterocycles. The molecular weight excluding hydrogens is 327 g/mol. The molecule has 1 heterocycles. The quantitative estimate of drug-likeness (QED) is 0.868.